The fraction of sp³-hybridized carbons (Fsp3) is 0.273. The predicted molar refractivity (Wildman–Crippen MR) is 114 cm³/mol. The third-order valence-corrected chi connectivity index (χ3v) is 5.35. The SMILES string of the molecule is Cc1cc(-c2cnc(N)c(OCc3ccnc(N)c3C#N)n2)cc2c1CCN(C)C2. The van der Waals surface area contributed by atoms with Crippen LogP contribution in [0.1, 0.15) is 27.8 Å². The van der Waals surface area contributed by atoms with E-state index >= 15 is 0 Å². The Morgan fingerprint density at radius 3 is 2.87 bits per heavy atom. The van der Waals surface area contributed by atoms with Crippen LogP contribution in [0.15, 0.2) is 30.6 Å². The molecule has 0 bridgehead atoms. The summed E-state index contributed by atoms with van der Waals surface area (Å²) in [5.41, 5.74) is 18.3. The van der Waals surface area contributed by atoms with Gasteiger partial charge in [0, 0.05) is 30.4 Å². The Morgan fingerprint density at radius 1 is 1.23 bits per heavy atom. The maximum Gasteiger partial charge on any atom is 0.258 e. The quantitative estimate of drug-likeness (QED) is 0.682. The molecule has 152 valence electrons. The lowest BCUT2D eigenvalue weighted by Crippen LogP contribution is -2.27. The summed E-state index contributed by atoms with van der Waals surface area (Å²) in [6, 6.07) is 8.03. The van der Waals surface area contributed by atoms with E-state index in [0.29, 0.717) is 11.3 Å². The van der Waals surface area contributed by atoms with Crippen LogP contribution in [0.5, 0.6) is 5.88 Å². The van der Waals surface area contributed by atoms with Gasteiger partial charge in [0.25, 0.3) is 5.88 Å². The molecule has 1 aliphatic heterocycles. The molecule has 0 atom stereocenters. The van der Waals surface area contributed by atoms with E-state index < -0.39 is 0 Å². The van der Waals surface area contributed by atoms with Gasteiger partial charge in [-0.25, -0.2) is 15.0 Å². The number of nitriles is 1. The first-order chi connectivity index (χ1) is 14.5. The van der Waals surface area contributed by atoms with Gasteiger partial charge in [-0.2, -0.15) is 5.26 Å². The van der Waals surface area contributed by atoms with Gasteiger partial charge in [0.05, 0.1) is 11.9 Å². The van der Waals surface area contributed by atoms with E-state index in [1.54, 1.807) is 12.3 Å². The van der Waals surface area contributed by atoms with E-state index in [1.165, 1.54) is 22.9 Å². The molecule has 8 nitrogen and oxygen atoms in total. The van der Waals surface area contributed by atoms with E-state index in [-0.39, 0.29) is 29.7 Å². The van der Waals surface area contributed by atoms with Gasteiger partial charge >= 0.3 is 0 Å². The van der Waals surface area contributed by atoms with E-state index in [2.05, 4.69) is 52.0 Å². The molecule has 0 radical (unpaired) electrons. The molecule has 0 fully saturated rings. The van der Waals surface area contributed by atoms with Gasteiger partial charge < -0.3 is 21.1 Å². The van der Waals surface area contributed by atoms with Crippen molar-refractivity contribution in [1.29, 1.82) is 5.26 Å². The third kappa shape index (κ3) is 3.75. The maximum absolute atomic E-state index is 9.30. The minimum atomic E-state index is 0.0892. The molecule has 8 heteroatoms. The number of likely N-dealkylation sites (N-methyl/N-ethyl adjacent to an activating group) is 1. The Balaban J connectivity index is 1.63. The third-order valence-electron chi connectivity index (χ3n) is 5.35. The number of hydrogen-bond acceptors (Lipinski definition) is 8. The first-order valence-electron chi connectivity index (χ1n) is 9.66. The average Bonchev–Trinajstić information content (AvgIpc) is 2.72. The minimum Gasteiger partial charge on any atom is -0.470 e. The highest BCUT2D eigenvalue weighted by Crippen LogP contribution is 2.30. The van der Waals surface area contributed by atoms with Gasteiger partial charge in [-0.15, -0.1) is 0 Å². The van der Waals surface area contributed by atoms with Crippen molar-refractivity contribution in [2.75, 3.05) is 25.1 Å². The molecule has 30 heavy (non-hydrogen) atoms. The van der Waals surface area contributed by atoms with Crippen molar-refractivity contribution in [2.45, 2.75) is 26.5 Å². The van der Waals surface area contributed by atoms with Crippen LogP contribution >= 0.6 is 0 Å². The van der Waals surface area contributed by atoms with Crippen LogP contribution in [0.2, 0.25) is 0 Å². The first kappa shape index (κ1) is 19.6. The van der Waals surface area contributed by atoms with Crippen LogP contribution in [0.4, 0.5) is 11.6 Å². The van der Waals surface area contributed by atoms with E-state index in [1.807, 2.05) is 0 Å². The number of pyridine rings is 1. The molecule has 0 amide bonds. The van der Waals surface area contributed by atoms with Crippen molar-refractivity contribution in [3.8, 4) is 23.2 Å². The van der Waals surface area contributed by atoms with Crippen molar-refractivity contribution in [3.05, 3.63) is 58.4 Å². The second kappa shape index (κ2) is 7.97. The number of nitrogens with two attached hydrogens (primary N) is 2. The molecule has 0 aliphatic carbocycles. The van der Waals surface area contributed by atoms with Crippen molar-refractivity contribution in [3.63, 3.8) is 0 Å². The van der Waals surface area contributed by atoms with Crippen LogP contribution in [0, 0.1) is 18.3 Å². The second-order valence-electron chi connectivity index (χ2n) is 7.50. The Hall–Kier alpha value is -3.70. The molecule has 0 unspecified atom stereocenters. The summed E-state index contributed by atoms with van der Waals surface area (Å²) in [4.78, 5) is 15.1. The smallest absolute Gasteiger partial charge is 0.258 e. The largest absolute Gasteiger partial charge is 0.470 e. The van der Waals surface area contributed by atoms with Gasteiger partial charge in [0.2, 0.25) is 0 Å². The lowest BCUT2D eigenvalue weighted by atomic mass is 9.92. The minimum absolute atomic E-state index is 0.0892. The topological polar surface area (TPSA) is 127 Å². The highest BCUT2D eigenvalue weighted by atomic mass is 16.5. The summed E-state index contributed by atoms with van der Waals surface area (Å²) in [6.07, 6.45) is 4.24. The van der Waals surface area contributed by atoms with Gasteiger partial charge in [-0.3, -0.25) is 0 Å². The van der Waals surface area contributed by atoms with Crippen molar-refractivity contribution in [1.82, 2.24) is 19.9 Å². The molecule has 0 spiro atoms. The zero-order valence-electron chi connectivity index (χ0n) is 17.0. The summed E-state index contributed by atoms with van der Waals surface area (Å²) >= 11 is 0. The number of rotatable bonds is 4. The number of aromatic nitrogens is 3. The maximum atomic E-state index is 9.30. The molecule has 1 aromatic carbocycles. The Bertz CT molecular complexity index is 1150. The molecule has 1 aliphatic rings. The van der Waals surface area contributed by atoms with Crippen LogP contribution < -0.4 is 16.2 Å². The van der Waals surface area contributed by atoms with E-state index in [9.17, 15) is 5.26 Å². The molecule has 4 N–H and O–H groups in total. The number of anilines is 2. The molecular formula is C22H23N7O. The average molecular weight is 401 g/mol. The van der Waals surface area contributed by atoms with Crippen molar-refractivity contribution < 1.29 is 4.74 Å². The fourth-order valence-electron chi connectivity index (χ4n) is 3.75. The summed E-state index contributed by atoms with van der Waals surface area (Å²) in [5, 5.41) is 9.30. The highest BCUT2D eigenvalue weighted by molar-refractivity contribution is 5.64. The second-order valence-corrected chi connectivity index (χ2v) is 7.50. The molecule has 2 aromatic heterocycles. The molecule has 4 rings (SSSR count). The Labute approximate surface area is 175 Å². The standard InChI is InChI=1S/C22H23N7O/c1-13-7-15(8-16-11-29(2)6-4-17(13)16)19-10-27-21(25)22(28-19)30-12-14-3-5-26-20(24)18(14)9-23/h3,5,7-8,10H,4,6,11-12H2,1-2H3,(H2,24,26)(H2,25,27). The summed E-state index contributed by atoms with van der Waals surface area (Å²) in [7, 11) is 2.13. The summed E-state index contributed by atoms with van der Waals surface area (Å²) < 4.78 is 5.80. The van der Waals surface area contributed by atoms with E-state index in [0.717, 1.165) is 25.1 Å². The number of nitrogen functional groups attached to an aromatic ring is 2. The fourth-order valence-corrected chi connectivity index (χ4v) is 3.75. The number of nitrogens with zero attached hydrogens (tertiary/aromatic N) is 5. The van der Waals surface area contributed by atoms with Crippen LogP contribution in [-0.4, -0.2) is 33.4 Å². The molecule has 3 heterocycles. The molecular weight excluding hydrogens is 378 g/mol. The molecule has 0 saturated carbocycles. The molecule has 0 saturated heterocycles. The van der Waals surface area contributed by atoms with Gasteiger partial charge in [0.1, 0.15) is 24.1 Å². The van der Waals surface area contributed by atoms with Crippen LogP contribution in [0.25, 0.3) is 11.3 Å². The number of benzene rings is 1. The van der Waals surface area contributed by atoms with Gasteiger partial charge in [0.15, 0.2) is 5.82 Å². The normalized spacial score (nSPS) is 13.5. The Morgan fingerprint density at radius 2 is 2.07 bits per heavy atom. The zero-order valence-corrected chi connectivity index (χ0v) is 17.0. The molecule has 3 aromatic rings. The van der Waals surface area contributed by atoms with Crippen LogP contribution in [-0.2, 0) is 19.6 Å². The van der Waals surface area contributed by atoms with Gasteiger partial charge in [-0.05, 0) is 55.3 Å². The number of ether oxygens (including phenoxy) is 1. The lowest BCUT2D eigenvalue weighted by Gasteiger charge is -2.27. The van der Waals surface area contributed by atoms with E-state index in [4.69, 9.17) is 16.2 Å². The summed E-state index contributed by atoms with van der Waals surface area (Å²) in [6.45, 7) is 4.20. The number of aryl methyl sites for hydroxylation is 1. The van der Waals surface area contributed by atoms with Gasteiger partial charge in [-0.1, -0.05) is 0 Å². The van der Waals surface area contributed by atoms with Crippen LogP contribution in [0.3, 0.4) is 0 Å². The summed E-state index contributed by atoms with van der Waals surface area (Å²) in [5.74, 6) is 0.578. The monoisotopic (exact) mass is 401 g/mol. The first-order valence-corrected chi connectivity index (χ1v) is 9.66. The Kier molecular flexibility index (Phi) is 5.21. The van der Waals surface area contributed by atoms with Crippen molar-refractivity contribution >= 4 is 11.6 Å². The predicted octanol–water partition coefficient (Wildman–Crippen LogP) is 2.45. The van der Waals surface area contributed by atoms with Crippen molar-refractivity contribution in [2.24, 2.45) is 0 Å². The lowest BCUT2D eigenvalue weighted by molar-refractivity contribution is 0.294. The number of hydrogen-bond donors (Lipinski definition) is 2. The number of fused-ring (bicyclic) bond motifs is 1. The zero-order chi connectivity index (χ0) is 21.3. The highest BCUT2D eigenvalue weighted by Gasteiger charge is 2.18.